The van der Waals surface area contributed by atoms with Crippen LogP contribution in [-0.2, 0) is 5.60 Å². The van der Waals surface area contributed by atoms with Gasteiger partial charge in [-0.3, -0.25) is 0 Å². The predicted molar refractivity (Wildman–Crippen MR) is 121 cm³/mol. The third-order valence-electron chi connectivity index (χ3n) is 5.92. The fraction of sp³-hybridized carbons (Fsp3) is 0.0370. The van der Waals surface area contributed by atoms with Gasteiger partial charge in [0.25, 0.3) is 0 Å². The summed E-state index contributed by atoms with van der Waals surface area (Å²) in [5.74, 6) is 0. The van der Waals surface area contributed by atoms with Gasteiger partial charge in [0.15, 0.2) is 0 Å². The number of rotatable bonds is 1. The third kappa shape index (κ3) is 2.33. The standard InChI is InChI=1S/C27H18OS/c28-27(20-10-2-1-3-11-20)25-21-12-6-4-8-18(21)14-16-23(25)29-24-17-15-19-9-5-7-13-22(19)26(24)27/h1-17,28H. The van der Waals surface area contributed by atoms with E-state index in [1.165, 1.54) is 0 Å². The van der Waals surface area contributed by atoms with Crippen LogP contribution in [0.4, 0.5) is 0 Å². The van der Waals surface area contributed by atoms with Crippen LogP contribution >= 0.6 is 11.8 Å². The van der Waals surface area contributed by atoms with E-state index in [2.05, 4.69) is 72.8 Å². The highest BCUT2D eigenvalue weighted by Gasteiger charge is 2.43. The van der Waals surface area contributed by atoms with Crippen molar-refractivity contribution in [3.05, 3.63) is 120 Å². The maximum absolute atomic E-state index is 12.6. The molecule has 0 aromatic heterocycles. The van der Waals surface area contributed by atoms with Gasteiger partial charge >= 0.3 is 0 Å². The largest absolute Gasteiger partial charge is 0.376 e. The molecule has 0 spiro atoms. The van der Waals surface area contributed by atoms with Crippen molar-refractivity contribution < 1.29 is 5.11 Å². The maximum Gasteiger partial charge on any atom is 0.143 e. The zero-order chi connectivity index (χ0) is 19.4. The number of fused-ring (bicyclic) bond motifs is 6. The molecule has 1 nitrogen and oxygen atoms in total. The van der Waals surface area contributed by atoms with Crippen molar-refractivity contribution in [1.82, 2.24) is 0 Å². The number of hydrogen-bond acceptors (Lipinski definition) is 2. The van der Waals surface area contributed by atoms with Crippen LogP contribution < -0.4 is 0 Å². The first-order valence-corrected chi connectivity index (χ1v) is 10.6. The smallest absolute Gasteiger partial charge is 0.143 e. The summed E-state index contributed by atoms with van der Waals surface area (Å²) < 4.78 is 0. The van der Waals surface area contributed by atoms with Crippen molar-refractivity contribution in [3.8, 4) is 0 Å². The van der Waals surface area contributed by atoms with Crippen LogP contribution in [0, 0.1) is 0 Å². The quantitative estimate of drug-likeness (QED) is 0.342. The molecule has 0 saturated heterocycles. The van der Waals surface area contributed by atoms with Gasteiger partial charge in [-0.1, -0.05) is 103 Å². The molecule has 0 unspecified atom stereocenters. The van der Waals surface area contributed by atoms with Crippen LogP contribution in [0.5, 0.6) is 0 Å². The molecule has 0 amide bonds. The highest BCUT2D eigenvalue weighted by atomic mass is 32.2. The second kappa shape index (κ2) is 6.21. The molecule has 1 N–H and O–H groups in total. The number of hydrogen-bond donors (Lipinski definition) is 1. The van der Waals surface area contributed by atoms with Crippen LogP contribution in [0.3, 0.4) is 0 Å². The van der Waals surface area contributed by atoms with E-state index in [1.807, 2.05) is 30.3 Å². The van der Waals surface area contributed by atoms with Crippen LogP contribution in [0.2, 0.25) is 0 Å². The fourth-order valence-electron chi connectivity index (χ4n) is 4.63. The molecule has 138 valence electrons. The van der Waals surface area contributed by atoms with Crippen molar-refractivity contribution >= 4 is 33.3 Å². The van der Waals surface area contributed by atoms with Crippen molar-refractivity contribution in [2.45, 2.75) is 15.4 Å². The molecule has 0 saturated carbocycles. The molecule has 5 aromatic rings. The van der Waals surface area contributed by atoms with Crippen LogP contribution in [-0.4, -0.2) is 5.11 Å². The van der Waals surface area contributed by atoms with Crippen molar-refractivity contribution in [1.29, 1.82) is 0 Å². The van der Waals surface area contributed by atoms with E-state index in [9.17, 15) is 5.11 Å². The molecule has 1 aliphatic heterocycles. The fourth-order valence-corrected chi connectivity index (χ4v) is 5.86. The molecule has 0 fully saturated rings. The predicted octanol–water partition coefficient (Wildman–Crippen LogP) is 6.74. The molecule has 2 heteroatoms. The molecule has 5 aromatic carbocycles. The second-order valence-corrected chi connectivity index (χ2v) is 8.58. The van der Waals surface area contributed by atoms with Crippen LogP contribution in [0.1, 0.15) is 16.7 Å². The van der Waals surface area contributed by atoms with E-state index in [4.69, 9.17) is 0 Å². The molecule has 0 atom stereocenters. The minimum absolute atomic E-state index is 0.899. The van der Waals surface area contributed by atoms with Gasteiger partial charge in [0.05, 0.1) is 0 Å². The summed E-state index contributed by atoms with van der Waals surface area (Å²) in [6.07, 6.45) is 0. The Kier molecular flexibility index (Phi) is 3.61. The summed E-state index contributed by atoms with van der Waals surface area (Å²) in [7, 11) is 0. The van der Waals surface area contributed by atoms with E-state index in [-0.39, 0.29) is 0 Å². The molecule has 0 aliphatic carbocycles. The van der Waals surface area contributed by atoms with Gasteiger partial charge < -0.3 is 5.11 Å². The summed E-state index contributed by atoms with van der Waals surface area (Å²) >= 11 is 1.75. The minimum atomic E-state index is -1.22. The number of aliphatic hydroxyl groups is 1. The maximum atomic E-state index is 12.6. The van der Waals surface area contributed by atoms with Gasteiger partial charge in [0.2, 0.25) is 0 Å². The van der Waals surface area contributed by atoms with Gasteiger partial charge in [0.1, 0.15) is 5.60 Å². The van der Waals surface area contributed by atoms with Crippen molar-refractivity contribution in [2.24, 2.45) is 0 Å². The summed E-state index contributed by atoms with van der Waals surface area (Å²) in [6, 6.07) is 35.4. The molecule has 1 aliphatic rings. The van der Waals surface area contributed by atoms with Gasteiger partial charge in [-0.05, 0) is 39.2 Å². The topological polar surface area (TPSA) is 20.2 Å². The lowest BCUT2D eigenvalue weighted by atomic mass is 9.76. The van der Waals surface area contributed by atoms with Gasteiger partial charge in [-0.2, -0.15) is 0 Å². The zero-order valence-electron chi connectivity index (χ0n) is 15.7. The molecule has 0 bridgehead atoms. The highest BCUT2D eigenvalue weighted by molar-refractivity contribution is 7.99. The van der Waals surface area contributed by atoms with Crippen molar-refractivity contribution in [3.63, 3.8) is 0 Å². The summed E-state index contributed by atoms with van der Waals surface area (Å²) in [4.78, 5) is 2.22. The Morgan fingerprint density at radius 2 is 1.00 bits per heavy atom. The highest BCUT2D eigenvalue weighted by Crippen LogP contribution is 2.54. The van der Waals surface area contributed by atoms with Gasteiger partial charge in [-0.15, -0.1) is 0 Å². The lowest BCUT2D eigenvalue weighted by Gasteiger charge is -2.38. The SMILES string of the molecule is OC1(c2ccccc2)c2c(ccc3ccccc23)Sc2ccc3ccccc3c21. The molecule has 29 heavy (non-hydrogen) atoms. The Bertz CT molecular complexity index is 1300. The minimum Gasteiger partial charge on any atom is -0.376 e. The van der Waals surface area contributed by atoms with Gasteiger partial charge in [0, 0.05) is 20.9 Å². The Labute approximate surface area is 173 Å². The van der Waals surface area contributed by atoms with E-state index in [0.29, 0.717) is 0 Å². The van der Waals surface area contributed by atoms with E-state index < -0.39 is 5.60 Å². The molecule has 0 radical (unpaired) electrons. The summed E-state index contributed by atoms with van der Waals surface area (Å²) in [5, 5.41) is 17.1. The molecule has 6 rings (SSSR count). The van der Waals surface area contributed by atoms with Gasteiger partial charge in [-0.25, -0.2) is 0 Å². The molecular weight excluding hydrogens is 372 g/mol. The lowest BCUT2D eigenvalue weighted by Crippen LogP contribution is -2.32. The average molecular weight is 391 g/mol. The second-order valence-electron chi connectivity index (χ2n) is 7.50. The van der Waals surface area contributed by atoms with Crippen molar-refractivity contribution in [2.75, 3.05) is 0 Å². The first kappa shape index (κ1) is 16.8. The first-order valence-electron chi connectivity index (χ1n) is 9.77. The molecular formula is C27H18OS. The normalized spacial score (nSPS) is 14.5. The third-order valence-corrected chi connectivity index (χ3v) is 7.04. The van der Waals surface area contributed by atoms with Crippen LogP contribution in [0.25, 0.3) is 21.5 Å². The lowest BCUT2D eigenvalue weighted by molar-refractivity contribution is 0.122. The zero-order valence-corrected chi connectivity index (χ0v) is 16.5. The average Bonchev–Trinajstić information content (AvgIpc) is 2.79. The van der Waals surface area contributed by atoms with E-state index in [0.717, 1.165) is 48.0 Å². The monoisotopic (exact) mass is 390 g/mol. The summed E-state index contributed by atoms with van der Waals surface area (Å²) in [5.41, 5.74) is 1.64. The Morgan fingerprint density at radius 3 is 1.55 bits per heavy atom. The Hall–Kier alpha value is -3.07. The van der Waals surface area contributed by atoms with Crippen LogP contribution in [0.15, 0.2) is 113 Å². The number of benzene rings is 5. The molecule has 1 heterocycles. The van der Waals surface area contributed by atoms with E-state index >= 15 is 0 Å². The summed E-state index contributed by atoms with van der Waals surface area (Å²) in [6.45, 7) is 0. The Balaban J connectivity index is 1.82. The Morgan fingerprint density at radius 1 is 0.517 bits per heavy atom. The first-order chi connectivity index (χ1) is 14.3. The van der Waals surface area contributed by atoms with E-state index in [1.54, 1.807) is 11.8 Å².